The standard InChI is InChI=1S/C13H12ClN3O2S/c1-2-5-17-12(19)9-6-8(14)3-4-10(9)16-13(17)20-7-11(15)18/h2-4,6H,1,5,7H2,(H2,15,18). The highest BCUT2D eigenvalue weighted by atomic mass is 35.5. The molecule has 2 aromatic rings. The van der Waals surface area contributed by atoms with Crippen LogP contribution in [0.5, 0.6) is 0 Å². The average Bonchev–Trinajstić information content (AvgIpc) is 2.41. The number of carbonyl (C=O) groups excluding carboxylic acids is 1. The van der Waals surface area contributed by atoms with Crippen LogP contribution in [0.4, 0.5) is 0 Å². The molecule has 0 fully saturated rings. The van der Waals surface area contributed by atoms with Crippen LogP contribution in [0.25, 0.3) is 10.9 Å². The normalized spacial score (nSPS) is 10.7. The summed E-state index contributed by atoms with van der Waals surface area (Å²) in [5, 5.41) is 1.34. The molecule has 7 heteroatoms. The Morgan fingerprint density at radius 2 is 2.30 bits per heavy atom. The summed E-state index contributed by atoms with van der Waals surface area (Å²) in [6.45, 7) is 3.92. The van der Waals surface area contributed by atoms with Gasteiger partial charge in [-0.05, 0) is 18.2 Å². The zero-order valence-corrected chi connectivity index (χ0v) is 12.1. The van der Waals surface area contributed by atoms with E-state index in [2.05, 4.69) is 11.6 Å². The van der Waals surface area contributed by atoms with E-state index in [1.54, 1.807) is 24.3 Å². The second kappa shape index (κ2) is 6.11. The second-order valence-corrected chi connectivity index (χ2v) is 5.39. The van der Waals surface area contributed by atoms with Gasteiger partial charge in [0.2, 0.25) is 5.91 Å². The van der Waals surface area contributed by atoms with Gasteiger partial charge in [0.15, 0.2) is 5.16 Å². The lowest BCUT2D eigenvalue weighted by atomic mass is 10.2. The van der Waals surface area contributed by atoms with Gasteiger partial charge in [-0.2, -0.15) is 0 Å². The summed E-state index contributed by atoms with van der Waals surface area (Å²) in [6.07, 6.45) is 1.59. The number of aromatic nitrogens is 2. The average molecular weight is 310 g/mol. The van der Waals surface area contributed by atoms with Crippen LogP contribution >= 0.6 is 23.4 Å². The second-order valence-electron chi connectivity index (χ2n) is 4.02. The third-order valence-corrected chi connectivity index (χ3v) is 3.77. The van der Waals surface area contributed by atoms with Crippen molar-refractivity contribution in [2.45, 2.75) is 11.7 Å². The molecule has 0 radical (unpaired) electrons. The maximum Gasteiger partial charge on any atom is 0.262 e. The summed E-state index contributed by atoms with van der Waals surface area (Å²) in [5.41, 5.74) is 5.44. The molecule has 1 amide bonds. The van der Waals surface area contributed by atoms with E-state index in [9.17, 15) is 9.59 Å². The van der Waals surface area contributed by atoms with Gasteiger partial charge < -0.3 is 5.73 Å². The number of nitrogens with two attached hydrogens (primary N) is 1. The zero-order valence-electron chi connectivity index (χ0n) is 10.5. The number of fused-ring (bicyclic) bond motifs is 1. The van der Waals surface area contributed by atoms with Crippen molar-refractivity contribution in [1.82, 2.24) is 9.55 Å². The number of benzene rings is 1. The van der Waals surface area contributed by atoms with Crippen molar-refractivity contribution < 1.29 is 4.79 Å². The largest absolute Gasteiger partial charge is 0.369 e. The Kier molecular flexibility index (Phi) is 4.46. The Bertz CT molecular complexity index is 742. The van der Waals surface area contributed by atoms with E-state index in [4.69, 9.17) is 17.3 Å². The lowest BCUT2D eigenvalue weighted by Crippen LogP contribution is -2.23. The molecule has 1 aromatic carbocycles. The molecule has 0 spiro atoms. The first-order valence-electron chi connectivity index (χ1n) is 5.75. The number of hydrogen-bond acceptors (Lipinski definition) is 4. The Labute approximate surface area is 124 Å². The van der Waals surface area contributed by atoms with Gasteiger partial charge in [0.25, 0.3) is 5.56 Å². The number of amides is 1. The van der Waals surface area contributed by atoms with Crippen LogP contribution in [0.15, 0.2) is 40.8 Å². The Morgan fingerprint density at radius 1 is 1.55 bits per heavy atom. The molecule has 104 valence electrons. The number of halogens is 1. The van der Waals surface area contributed by atoms with Crippen molar-refractivity contribution in [1.29, 1.82) is 0 Å². The Hall–Kier alpha value is -1.79. The van der Waals surface area contributed by atoms with Gasteiger partial charge in [0.1, 0.15) is 0 Å². The molecule has 0 atom stereocenters. The number of rotatable bonds is 5. The van der Waals surface area contributed by atoms with Crippen molar-refractivity contribution in [3.63, 3.8) is 0 Å². The molecule has 1 heterocycles. The maximum atomic E-state index is 12.4. The fourth-order valence-corrected chi connectivity index (χ4v) is 2.63. The van der Waals surface area contributed by atoms with E-state index in [1.807, 2.05) is 0 Å². The SMILES string of the molecule is C=CCn1c(SCC(N)=O)nc2ccc(Cl)cc2c1=O. The van der Waals surface area contributed by atoms with Gasteiger partial charge in [-0.25, -0.2) is 4.98 Å². The summed E-state index contributed by atoms with van der Waals surface area (Å²) >= 11 is 7.02. The number of allylic oxidation sites excluding steroid dienone is 1. The predicted molar refractivity (Wildman–Crippen MR) is 81.1 cm³/mol. The maximum absolute atomic E-state index is 12.4. The zero-order chi connectivity index (χ0) is 14.7. The fourth-order valence-electron chi connectivity index (χ4n) is 1.71. The predicted octanol–water partition coefficient (Wildman–Crippen LogP) is 1.81. The van der Waals surface area contributed by atoms with Gasteiger partial charge in [0.05, 0.1) is 16.7 Å². The number of nitrogens with zero attached hydrogens (tertiary/aromatic N) is 2. The van der Waals surface area contributed by atoms with E-state index < -0.39 is 5.91 Å². The van der Waals surface area contributed by atoms with E-state index in [0.29, 0.717) is 27.6 Å². The Morgan fingerprint density at radius 3 is 2.95 bits per heavy atom. The molecule has 2 N–H and O–H groups in total. The van der Waals surface area contributed by atoms with Gasteiger partial charge >= 0.3 is 0 Å². The molecule has 2 rings (SSSR count). The quantitative estimate of drug-likeness (QED) is 0.519. The smallest absolute Gasteiger partial charge is 0.262 e. The third kappa shape index (κ3) is 3.02. The molecule has 0 saturated carbocycles. The lowest BCUT2D eigenvalue weighted by molar-refractivity contribution is -0.115. The molecule has 0 saturated heterocycles. The third-order valence-electron chi connectivity index (χ3n) is 2.54. The molecular weight excluding hydrogens is 298 g/mol. The van der Waals surface area contributed by atoms with Crippen LogP contribution < -0.4 is 11.3 Å². The van der Waals surface area contributed by atoms with Gasteiger partial charge in [0, 0.05) is 11.6 Å². The lowest BCUT2D eigenvalue weighted by Gasteiger charge is -2.10. The molecule has 0 aliphatic heterocycles. The molecule has 1 aromatic heterocycles. The minimum atomic E-state index is -0.467. The molecule has 5 nitrogen and oxygen atoms in total. The van der Waals surface area contributed by atoms with Crippen LogP contribution in [-0.2, 0) is 11.3 Å². The first-order chi connectivity index (χ1) is 9.52. The molecular formula is C13H12ClN3O2S. The van der Waals surface area contributed by atoms with Crippen molar-refractivity contribution in [3.05, 3.63) is 46.2 Å². The Balaban J connectivity index is 2.63. The van der Waals surface area contributed by atoms with Gasteiger partial charge in [-0.3, -0.25) is 14.2 Å². The summed E-state index contributed by atoms with van der Waals surface area (Å²) < 4.78 is 1.44. The van der Waals surface area contributed by atoms with Crippen LogP contribution in [0.1, 0.15) is 0 Å². The number of thioether (sulfide) groups is 1. The minimum Gasteiger partial charge on any atom is -0.369 e. The summed E-state index contributed by atoms with van der Waals surface area (Å²) in [5.74, 6) is -0.409. The van der Waals surface area contributed by atoms with Crippen molar-refractivity contribution in [3.8, 4) is 0 Å². The minimum absolute atomic E-state index is 0.0582. The highest BCUT2D eigenvalue weighted by molar-refractivity contribution is 7.99. The molecule has 20 heavy (non-hydrogen) atoms. The monoisotopic (exact) mass is 309 g/mol. The van der Waals surface area contributed by atoms with Crippen LogP contribution in [0, 0.1) is 0 Å². The van der Waals surface area contributed by atoms with E-state index in [1.165, 1.54) is 4.57 Å². The van der Waals surface area contributed by atoms with Gasteiger partial charge in [-0.1, -0.05) is 29.4 Å². The number of primary amides is 1. The molecule has 0 unspecified atom stereocenters. The van der Waals surface area contributed by atoms with Crippen LogP contribution in [-0.4, -0.2) is 21.2 Å². The highest BCUT2D eigenvalue weighted by Crippen LogP contribution is 2.20. The first-order valence-corrected chi connectivity index (χ1v) is 7.11. The fraction of sp³-hybridized carbons (Fsp3) is 0.154. The van der Waals surface area contributed by atoms with Crippen molar-refractivity contribution in [2.24, 2.45) is 5.73 Å². The summed E-state index contributed by atoms with van der Waals surface area (Å²) in [6, 6.07) is 4.91. The summed E-state index contributed by atoms with van der Waals surface area (Å²) in [4.78, 5) is 27.7. The molecule has 0 bridgehead atoms. The number of carbonyl (C=O) groups is 1. The van der Waals surface area contributed by atoms with Gasteiger partial charge in [-0.15, -0.1) is 6.58 Å². The van der Waals surface area contributed by atoms with Crippen molar-refractivity contribution in [2.75, 3.05) is 5.75 Å². The van der Waals surface area contributed by atoms with Crippen molar-refractivity contribution >= 4 is 40.2 Å². The highest BCUT2D eigenvalue weighted by Gasteiger charge is 2.12. The molecule has 0 aliphatic carbocycles. The van der Waals surface area contributed by atoms with E-state index in [0.717, 1.165) is 11.8 Å². The van der Waals surface area contributed by atoms with Crippen LogP contribution in [0.3, 0.4) is 0 Å². The topological polar surface area (TPSA) is 78.0 Å². The van der Waals surface area contributed by atoms with Crippen LogP contribution in [0.2, 0.25) is 5.02 Å². The molecule has 0 aliphatic rings. The summed E-state index contributed by atoms with van der Waals surface area (Å²) in [7, 11) is 0. The van der Waals surface area contributed by atoms with E-state index in [-0.39, 0.29) is 11.3 Å². The first kappa shape index (κ1) is 14.6. The van der Waals surface area contributed by atoms with E-state index >= 15 is 0 Å². The number of hydrogen-bond donors (Lipinski definition) is 1.